The summed E-state index contributed by atoms with van der Waals surface area (Å²) >= 11 is 0. The van der Waals surface area contributed by atoms with Gasteiger partial charge < -0.3 is 14.7 Å². The molecule has 2 fully saturated rings. The summed E-state index contributed by atoms with van der Waals surface area (Å²) in [4.78, 5) is 13.8. The molecule has 2 atom stereocenters. The standard InChI is InChI=1S/C22H31N3O3/c1-4-19-17-10-9-15(11-20(17)25(23-19)16-7-5-6-8-16)18-12-24(21(27)28-3)13-22(18,2)14-26/h9-11,16,18,26H,4-8,12-14H2,1-3H3/t18-,22-/m0/s1. The zero-order chi connectivity index (χ0) is 19.9. The Labute approximate surface area is 166 Å². The van der Waals surface area contributed by atoms with Crippen LogP contribution in [0.3, 0.4) is 0 Å². The van der Waals surface area contributed by atoms with Crippen molar-refractivity contribution < 1.29 is 14.6 Å². The molecule has 1 N–H and O–H groups in total. The molecule has 0 unspecified atom stereocenters. The molecule has 1 aromatic carbocycles. The molecule has 0 radical (unpaired) electrons. The number of methoxy groups -OCH3 is 1. The normalized spacial score (nSPS) is 25.7. The quantitative estimate of drug-likeness (QED) is 0.867. The average Bonchev–Trinajstić information content (AvgIpc) is 3.44. The van der Waals surface area contributed by atoms with Crippen molar-refractivity contribution in [1.82, 2.24) is 14.7 Å². The van der Waals surface area contributed by atoms with Crippen LogP contribution < -0.4 is 0 Å². The number of nitrogens with zero attached hydrogens (tertiary/aromatic N) is 3. The van der Waals surface area contributed by atoms with Gasteiger partial charge in [-0.25, -0.2) is 4.79 Å². The third kappa shape index (κ3) is 3.08. The van der Waals surface area contributed by atoms with E-state index >= 15 is 0 Å². The molecule has 6 nitrogen and oxygen atoms in total. The number of aryl methyl sites for hydroxylation is 1. The van der Waals surface area contributed by atoms with E-state index in [-0.39, 0.29) is 24.0 Å². The summed E-state index contributed by atoms with van der Waals surface area (Å²) in [6.45, 7) is 5.30. The molecule has 1 aromatic heterocycles. The van der Waals surface area contributed by atoms with Gasteiger partial charge in [-0.3, -0.25) is 4.68 Å². The summed E-state index contributed by atoms with van der Waals surface area (Å²) in [6.07, 6.45) is 5.52. The van der Waals surface area contributed by atoms with E-state index in [4.69, 9.17) is 9.84 Å². The predicted molar refractivity (Wildman–Crippen MR) is 109 cm³/mol. The molecule has 1 saturated carbocycles. The number of carbonyl (C=O) groups is 1. The van der Waals surface area contributed by atoms with Crippen molar-refractivity contribution in [1.29, 1.82) is 0 Å². The number of likely N-dealkylation sites (tertiary alicyclic amines) is 1. The van der Waals surface area contributed by atoms with Crippen LogP contribution in [0.1, 0.15) is 62.7 Å². The minimum Gasteiger partial charge on any atom is -0.453 e. The second-order valence-corrected chi connectivity index (χ2v) is 8.67. The van der Waals surface area contributed by atoms with Crippen LogP contribution in [-0.2, 0) is 11.2 Å². The Kier molecular flexibility index (Phi) is 5.08. The molecular formula is C22H31N3O3. The van der Waals surface area contributed by atoms with Gasteiger partial charge in [-0.2, -0.15) is 5.10 Å². The van der Waals surface area contributed by atoms with Gasteiger partial charge in [0.05, 0.1) is 31.0 Å². The van der Waals surface area contributed by atoms with E-state index in [0.29, 0.717) is 19.1 Å². The van der Waals surface area contributed by atoms with Gasteiger partial charge in [0.15, 0.2) is 0 Å². The Morgan fingerprint density at radius 1 is 1.36 bits per heavy atom. The lowest BCUT2D eigenvalue weighted by Gasteiger charge is -2.28. The van der Waals surface area contributed by atoms with Crippen LogP contribution >= 0.6 is 0 Å². The van der Waals surface area contributed by atoms with Gasteiger partial charge in [0.1, 0.15) is 0 Å². The number of fused-ring (bicyclic) bond motifs is 1. The van der Waals surface area contributed by atoms with Crippen LogP contribution in [0.5, 0.6) is 0 Å². The van der Waals surface area contributed by atoms with E-state index in [0.717, 1.165) is 17.7 Å². The average molecular weight is 386 g/mol. The molecule has 4 rings (SSSR count). The number of aliphatic hydroxyl groups is 1. The Morgan fingerprint density at radius 3 is 2.75 bits per heavy atom. The molecule has 0 spiro atoms. The highest BCUT2D eigenvalue weighted by atomic mass is 16.5. The van der Waals surface area contributed by atoms with E-state index in [9.17, 15) is 9.90 Å². The van der Waals surface area contributed by atoms with E-state index < -0.39 is 0 Å². The Balaban J connectivity index is 1.76. The van der Waals surface area contributed by atoms with Gasteiger partial charge in [0.25, 0.3) is 0 Å². The van der Waals surface area contributed by atoms with Crippen molar-refractivity contribution in [2.45, 2.75) is 57.9 Å². The maximum Gasteiger partial charge on any atom is 0.409 e. The topological polar surface area (TPSA) is 67.6 Å². The molecule has 6 heteroatoms. The summed E-state index contributed by atoms with van der Waals surface area (Å²) < 4.78 is 7.17. The molecule has 1 aliphatic heterocycles. The molecule has 152 valence electrons. The molecule has 1 aliphatic carbocycles. The zero-order valence-corrected chi connectivity index (χ0v) is 17.1. The monoisotopic (exact) mass is 385 g/mol. The number of hydrogen-bond acceptors (Lipinski definition) is 4. The van der Waals surface area contributed by atoms with Crippen LogP contribution in [0.25, 0.3) is 10.9 Å². The van der Waals surface area contributed by atoms with Gasteiger partial charge >= 0.3 is 6.09 Å². The molecule has 1 amide bonds. The summed E-state index contributed by atoms with van der Waals surface area (Å²) in [5.41, 5.74) is 3.13. The maximum absolute atomic E-state index is 12.1. The van der Waals surface area contributed by atoms with E-state index in [1.165, 1.54) is 43.7 Å². The third-order valence-corrected chi connectivity index (χ3v) is 6.81. The fourth-order valence-corrected chi connectivity index (χ4v) is 5.11. The number of aromatic nitrogens is 2. The van der Waals surface area contributed by atoms with E-state index in [1.807, 2.05) is 0 Å². The highest BCUT2D eigenvalue weighted by Crippen LogP contribution is 2.44. The largest absolute Gasteiger partial charge is 0.453 e. The third-order valence-electron chi connectivity index (χ3n) is 6.81. The zero-order valence-electron chi connectivity index (χ0n) is 17.1. The van der Waals surface area contributed by atoms with Crippen molar-refractivity contribution >= 4 is 17.0 Å². The lowest BCUT2D eigenvalue weighted by Crippen LogP contribution is -2.32. The molecule has 2 aromatic rings. The predicted octanol–water partition coefficient (Wildman–Crippen LogP) is 3.88. The molecular weight excluding hydrogens is 354 g/mol. The summed E-state index contributed by atoms with van der Waals surface area (Å²) in [5.74, 6) is 0.0676. The summed E-state index contributed by atoms with van der Waals surface area (Å²) in [5, 5.41) is 16.3. The first-order valence-electron chi connectivity index (χ1n) is 10.5. The number of benzene rings is 1. The molecule has 2 heterocycles. The first-order valence-corrected chi connectivity index (χ1v) is 10.5. The fraction of sp³-hybridized carbons (Fsp3) is 0.636. The van der Waals surface area contributed by atoms with Crippen molar-refractivity contribution in [2.75, 3.05) is 26.8 Å². The number of amides is 1. The van der Waals surface area contributed by atoms with Crippen LogP contribution in [-0.4, -0.2) is 52.7 Å². The highest BCUT2D eigenvalue weighted by molar-refractivity contribution is 5.83. The molecule has 1 saturated heterocycles. The van der Waals surface area contributed by atoms with Gasteiger partial charge in [-0.1, -0.05) is 38.8 Å². The second-order valence-electron chi connectivity index (χ2n) is 8.67. The van der Waals surface area contributed by atoms with Gasteiger partial charge in [-0.15, -0.1) is 0 Å². The van der Waals surface area contributed by atoms with E-state index in [1.54, 1.807) is 4.90 Å². The first-order chi connectivity index (χ1) is 13.5. The number of aliphatic hydroxyl groups excluding tert-OH is 1. The lowest BCUT2D eigenvalue weighted by atomic mass is 9.76. The number of hydrogen-bond donors (Lipinski definition) is 1. The van der Waals surface area contributed by atoms with Gasteiger partial charge in [0.2, 0.25) is 0 Å². The number of carbonyl (C=O) groups excluding carboxylic acids is 1. The Hall–Kier alpha value is -2.08. The molecule has 2 aliphatic rings. The summed E-state index contributed by atoms with van der Waals surface area (Å²) in [7, 11) is 1.41. The van der Waals surface area contributed by atoms with E-state index in [2.05, 4.69) is 36.7 Å². The first kappa shape index (κ1) is 19.2. The highest BCUT2D eigenvalue weighted by Gasteiger charge is 2.45. The lowest BCUT2D eigenvalue weighted by molar-refractivity contribution is 0.113. The van der Waals surface area contributed by atoms with Crippen molar-refractivity contribution in [3.63, 3.8) is 0 Å². The Morgan fingerprint density at radius 2 is 2.11 bits per heavy atom. The SMILES string of the molecule is CCc1nn(C2CCCC2)c2cc([C@@H]3CN(C(=O)OC)C[C@@]3(C)CO)ccc12. The smallest absolute Gasteiger partial charge is 0.409 e. The Bertz CT molecular complexity index is 871. The number of ether oxygens (including phenoxy) is 1. The van der Waals surface area contributed by atoms with Crippen molar-refractivity contribution in [3.8, 4) is 0 Å². The van der Waals surface area contributed by atoms with Crippen LogP contribution in [0.15, 0.2) is 18.2 Å². The fourth-order valence-electron chi connectivity index (χ4n) is 5.11. The van der Waals surface area contributed by atoms with Crippen LogP contribution in [0, 0.1) is 5.41 Å². The van der Waals surface area contributed by atoms with Crippen molar-refractivity contribution in [3.05, 3.63) is 29.5 Å². The van der Waals surface area contributed by atoms with Gasteiger partial charge in [0, 0.05) is 29.8 Å². The van der Waals surface area contributed by atoms with Crippen LogP contribution in [0.4, 0.5) is 4.79 Å². The van der Waals surface area contributed by atoms with Crippen molar-refractivity contribution in [2.24, 2.45) is 5.41 Å². The minimum absolute atomic E-state index is 0.0330. The summed E-state index contributed by atoms with van der Waals surface area (Å²) in [6, 6.07) is 7.07. The second kappa shape index (κ2) is 7.39. The van der Waals surface area contributed by atoms with Crippen LogP contribution in [0.2, 0.25) is 0 Å². The minimum atomic E-state index is -0.381. The van der Waals surface area contributed by atoms with Gasteiger partial charge in [-0.05, 0) is 30.9 Å². The number of rotatable bonds is 4. The molecule has 0 bridgehead atoms. The maximum atomic E-state index is 12.1. The molecule has 28 heavy (non-hydrogen) atoms.